The number of carboxylic acid groups (broad SMARTS) is 1. The van der Waals surface area contributed by atoms with Crippen molar-refractivity contribution in [3.05, 3.63) is 28.2 Å². The van der Waals surface area contributed by atoms with Gasteiger partial charge in [0.05, 0.1) is 5.69 Å². The van der Waals surface area contributed by atoms with E-state index in [9.17, 15) is 13.6 Å². The molecule has 0 aromatic carbocycles. The molecule has 1 aliphatic rings. The Morgan fingerprint density at radius 2 is 2.17 bits per heavy atom. The SMILES string of the molecule is CC1(Nc2cc(C(F)F)c(-c3csc(C(=O)O)n3)cn2)CCC1.[KH]. The third-order valence-electron chi connectivity index (χ3n) is 4.02. The fourth-order valence-electron chi connectivity index (χ4n) is 2.57. The second kappa shape index (κ2) is 7.84. The summed E-state index contributed by atoms with van der Waals surface area (Å²) in [5.41, 5.74) is 0.0720. The fourth-order valence-corrected chi connectivity index (χ4v) is 3.23. The van der Waals surface area contributed by atoms with Crippen molar-refractivity contribution in [2.24, 2.45) is 0 Å². The van der Waals surface area contributed by atoms with Gasteiger partial charge in [-0.3, -0.25) is 0 Å². The molecular formula is C15H16F2KN3O2S. The van der Waals surface area contributed by atoms with Crippen molar-refractivity contribution in [1.29, 1.82) is 0 Å². The molecule has 0 spiro atoms. The molecule has 5 nitrogen and oxygen atoms in total. The number of anilines is 1. The van der Waals surface area contributed by atoms with Crippen molar-refractivity contribution in [3.8, 4) is 11.3 Å². The topological polar surface area (TPSA) is 75.1 Å². The van der Waals surface area contributed by atoms with Gasteiger partial charge in [0, 0.05) is 28.2 Å². The van der Waals surface area contributed by atoms with Crippen LogP contribution in [0.1, 0.15) is 48.0 Å². The molecule has 0 radical (unpaired) electrons. The van der Waals surface area contributed by atoms with Gasteiger partial charge in [0.2, 0.25) is 5.01 Å². The minimum atomic E-state index is -2.70. The Morgan fingerprint density at radius 3 is 2.67 bits per heavy atom. The minimum absolute atomic E-state index is 0. The van der Waals surface area contributed by atoms with Crippen LogP contribution in [0.5, 0.6) is 0 Å². The summed E-state index contributed by atoms with van der Waals surface area (Å²) in [5, 5.41) is 13.4. The summed E-state index contributed by atoms with van der Waals surface area (Å²) in [4.78, 5) is 19.0. The molecule has 0 aliphatic heterocycles. The molecule has 0 saturated heterocycles. The standard InChI is InChI=1S/C15H15F2N3O2S.K.H/c1-15(3-2-4-15)20-11-5-8(12(16)17)9(6-18-11)10-7-23-13(19-10)14(21)22;;/h5-7,12H,2-4H2,1H3,(H,18,20)(H,21,22);;. The number of thiazole rings is 1. The predicted molar refractivity (Wildman–Crippen MR) is 90.3 cm³/mol. The molecule has 0 atom stereocenters. The van der Waals surface area contributed by atoms with Crippen LogP contribution in [0.3, 0.4) is 0 Å². The number of hydrogen-bond donors (Lipinski definition) is 2. The third kappa shape index (κ3) is 4.20. The molecule has 9 heteroatoms. The molecule has 2 heterocycles. The molecule has 124 valence electrons. The van der Waals surface area contributed by atoms with Crippen LogP contribution in [0.2, 0.25) is 0 Å². The molecule has 2 aromatic rings. The van der Waals surface area contributed by atoms with E-state index in [0.29, 0.717) is 5.82 Å². The molecule has 2 aromatic heterocycles. The van der Waals surface area contributed by atoms with Crippen LogP contribution >= 0.6 is 11.3 Å². The second-order valence-corrected chi connectivity index (χ2v) is 6.70. The van der Waals surface area contributed by atoms with Crippen LogP contribution in [0.25, 0.3) is 11.3 Å². The predicted octanol–water partition coefficient (Wildman–Crippen LogP) is 3.55. The Kier molecular flexibility index (Phi) is 6.49. The van der Waals surface area contributed by atoms with Gasteiger partial charge in [0.25, 0.3) is 6.43 Å². The Hall–Kier alpha value is -0.454. The zero-order valence-electron chi connectivity index (χ0n) is 12.3. The summed E-state index contributed by atoms with van der Waals surface area (Å²) in [6, 6.07) is 1.32. The fraction of sp³-hybridized carbons (Fsp3) is 0.400. The van der Waals surface area contributed by atoms with Crippen molar-refractivity contribution in [2.45, 2.75) is 38.2 Å². The summed E-state index contributed by atoms with van der Waals surface area (Å²) in [7, 11) is 0. The monoisotopic (exact) mass is 379 g/mol. The number of hydrogen-bond acceptors (Lipinski definition) is 5. The van der Waals surface area contributed by atoms with E-state index in [-0.39, 0.29) is 78.8 Å². The maximum absolute atomic E-state index is 13.4. The number of nitrogens with zero attached hydrogens (tertiary/aromatic N) is 2. The molecule has 3 rings (SSSR count). The van der Waals surface area contributed by atoms with Gasteiger partial charge in [0.15, 0.2) is 0 Å². The van der Waals surface area contributed by atoms with Crippen LogP contribution in [-0.2, 0) is 0 Å². The Labute approximate surface area is 184 Å². The molecule has 1 fully saturated rings. The van der Waals surface area contributed by atoms with Crippen molar-refractivity contribution in [2.75, 3.05) is 5.32 Å². The molecule has 1 aliphatic carbocycles. The van der Waals surface area contributed by atoms with Crippen LogP contribution in [-0.4, -0.2) is 78.0 Å². The first-order valence-electron chi connectivity index (χ1n) is 7.13. The number of nitrogens with one attached hydrogen (secondary N) is 1. The van der Waals surface area contributed by atoms with Gasteiger partial charge < -0.3 is 10.4 Å². The van der Waals surface area contributed by atoms with Gasteiger partial charge in [-0.1, -0.05) is 0 Å². The van der Waals surface area contributed by atoms with E-state index in [4.69, 9.17) is 5.11 Å². The number of carboxylic acids is 1. The molecular weight excluding hydrogens is 363 g/mol. The van der Waals surface area contributed by atoms with E-state index in [0.717, 1.165) is 30.6 Å². The summed E-state index contributed by atoms with van der Waals surface area (Å²) in [6.45, 7) is 2.04. The average molecular weight is 379 g/mol. The van der Waals surface area contributed by atoms with Gasteiger partial charge in [-0.25, -0.2) is 23.5 Å². The molecule has 2 N–H and O–H groups in total. The normalized spacial score (nSPS) is 15.5. The van der Waals surface area contributed by atoms with E-state index < -0.39 is 12.4 Å². The molecule has 24 heavy (non-hydrogen) atoms. The molecule has 0 bridgehead atoms. The number of pyridine rings is 1. The summed E-state index contributed by atoms with van der Waals surface area (Å²) >= 11 is 0.901. The van der Waals surface area contributed by atoms with Crippen LogP contribution in [0.4, 0.5) is 14.6 Å². The van der Waals surface area contributed by atoms with E-state index >= 15 is 0 Å². The molecule has 1 saturated carbocycles. The average Bonchev–Trinajstić information content (AvgIpc) is 2.95. The maximum atomic E-state index is 13.4. The van der Waals surface area contributed by atoms with E-state index in [1.807, 2.05) is 6.92 Å². The summed E-state index contributed by atoms with van der Waals surface area (Å²) < 4.78 is 26.8. The first-order valence-corrected chi connectivity index (χ1v) is 8.01. The third-order valence-corrected chi connectivity index (χ3v) is 4.85. The Balaban J connectivity index is 0.00000208. The molecule has 0 amide bonds. The Bertz CT molecular complexity index is 750. The summed E-state index contributed by atoms with van der Waals surface area (Å²) in [6.07, 6.45) is 1.70. The summed E-state index contributed by atoms with van der Waals surface area (Å²) in [5.74, 6) is -0.774. The van der Waals surface area contributed by atoms with Gasteiger partial charge >= 0.3 is 57.4 Å². The number of carbonyl (C=O) groups is 1. The first kappa shape index (κ1) is 19.9. The van der Waals surface area contributed by atoms with Gasteiger partial charge in [-0.2, -0.15) is 0 Å². The first-order chi connectivity index (χ1) is 10.9. The van der Waals surface area contributed by atoms with Crippen LogP contribution in [0, 0.1) is 0 Å². The van der Waals surface area contributed by atoms with Gasteiger partial charge in [-0.05, 0) is 32.3 Å². The van der Waals surface area contributed by atoms with Crippen molar-refractivity contribution < 1.29 is 18.7 Å². The number of aromatic nitrogens is 2. The molecule has 0 unspecified atom stereocenters. The van der Waals surface area contributed by atoms with E-state index in [2.05, 4.69) is 15.3 Å². The van der Waals surface area contributed by atoms with E-state index in [1.165, 1.54) is 17.6 Å². The number of halogens is 2. The van der Waals surface area contributed by atoms with Gasteiger partial charge in [-0.15, -0.1) is 11.3 Å². The van der Waals surface area contributed by atoms with Gasteiger partial charge in [0.1, 0.15) is 5.82 Å². The Morgan fingerprint density at radius 1 is 1.46 bits per heavy atom. The zero-order chi connectivity index (χ0) is 16.6. The quantitative estimate of drug-likeness (QED) is 0.777. The van der Waals surface area contributed by atoms with Crippen molar-refractivity contribution in [1.82, 2.24) is 9.97 Å². The van der Waals surface area contributed by atoms with Crippen LogP contribution < -0.4 is 5.32 Å². The van der Waals surface area contributed by atoms with Crippen LogP contribution in [0.15, 0.2) is 17.6 Å². The van der Waals surface area contributed by atoms with Crippen molar-refractivity contribution in [3.63, 3.8) is 0 Å². The second-order valence-electron chi connectivity index (χ2n) is 5.84. The zero-order valence-corrected chi connectivity index (χ0v) is 13.2. The number of rotatable bonds is 5. The number of alkyl halides is 2. The van der Waals surface area contributed by atoms with E-state index in [1.54, 1.807) is 0 Å². The van der Waals surface area contributed by atoms with Crippen molar-refractivity contribution >= 4 is 74.5 Å². The number of aromatic carboxylic acids is 1.